The number of furan rings is 1. The molecule has 0 bridgehead atoms. The Morgan fingerprint density at radius 1 is 0.381 bits per heavy atom. The number of benzene rings is 8. The van der Waals surface area contributed by atoms with E-state index in [9.17, 15) is 0 Å². The maximum absolute atomic E-state index is 6.34. The van der Waals surface area contributed by atoms with Gasteiger partial charge in [0.25, 0.3) is 0 Å². The molecule has 7 nitrogen and oxygen atoms in total. The maximum atomic E-state index is 6.34. The molecule has 0 saturated carbocycles. The highest BCUT2D eigenvalue weighted by molar-refractivity contribution is 7.80. The third-order valence-corrected chi connectivity index (χ3v) is 12.1. The molecule has 4 aromatic heterocycles. The first-order valence-electron chi connectivity index (χ1n) is 20.7. The van der Waals surface area contributed by atoms with Gasteiger partial charge < -0.3 is 4.42 Å². The Labute approximate surface area is 367 Å². The molecular weight excluding hydrogens is 793 g/mol. The van der Waals surface area contributed by atoms with Crippen LogP contribution < -0.4 is 0 Å². The van der Waals surface area contributed by atoms with Gasteiger partial charge in [0, 0.05) is 43.3 Å². The first-order chi connectivity index (χ1) is 31.1. The predicted octanol–water partition coefficient (Wildman–Crippen LogP) is 13.9. The van der Waals surface area contributed by atoms with Crippen molar-refractivity contribution in [3.05, 3.63) is 200 Å². The topological polar surface area (TPSA) is 82.5 Å². The van der Waals surface area contributed by atoms with Crippen LogP contribution in [0.3, 0.4) is 0 Å². The monoisotopic (exact) mass is 826 g/mol. The molecule has 4 heterocycles. The highest BCUT2D eigenvalue weighted by Gasteiger charge is 2.21. The van der Waals surface area contributed by atoms with Crippen molar-refractivity contribution in [3.8, 4) is 73.6 Å². The molecule has 0 N–H and O–H groups in total. The predicted molar refractivity (Wildman–Crippen MR) is 257 cm³/mol. The summed E-state index contributed by atoms with van der Waals surface area (Å²) in [5.74, 6) is 2.23. The molecule has 8 aromatic carbocycles. The molecule has 0 radical (unpaired) electrons. The summed E-state index contributed by atoms with van der Waals surface area (Å²) < 4.78 is 8.49. The van der Waals surface area contributed by atoms with Crippen molar-refractivity contribution in [2.24, 2.45) is 0 Å². The van der Waals surface area contributed by atoms with Crippen LogP contribution in [0.2, 0.25) is 0 Å². The molecule has 0 atom stereocenters. The fraction of sp³-hybridized carbons (Fsp3) is 0. The first kappa shape index (κ1) is 36.6. The van der Waals surface area contributed by atoms with E-state index in [4.69, 9.17) is 42.0 Å². The highest BCUT2D eigenvalue weighted by Crippen LogP contribution is 2.39. The third kappa shape index (κ3) is 6.35. The lowest BCUT2D eigenvalue weighted by Gasteiger charge is -2.14. The zero-order valence-electron chi connectivity index (χ0n) is 33.6. The largest absolute Gasteiger partial charge is 0.452 e. The van der Waals surface area contributed by atoms with E-state index >= 15 is 0 Å². The average molecular weight is 827 g/mol. The number of hydrogen-bond donors (Lipinski definition) is 1. The molecule has 0 amide bonds. The number of fused-ring (bicyclic) bond motifs is 6. The molecular formula is C55H34N6OS. The number of thiol groups is 1. The molecule has 12 aromatic rings. The number of aromatic nitrogens is 6. The molecule has 63 heavy (non-hydrogen) atoms. The second-order valence-electron chi connectivity index (χ2n) is 15.4. The van der Waals surface area contributed by atoms with Crippen molar-refractivity contribution in [3.63, 3.8) is 0 Å². The molecule has 0 spiro atoms. The van der Waals surface area contributed by atoms with E-state index in [2.05, 4.69) is 102 Å². The minimum absolute atomic E-state index is 0.523. The number of nitrogens with zero attached hydrogens (tertiary/aromatic N) is 6. The van der Waals surface area contributed by atoms with Gasteiger partial charge in [0.2, 0.25) is 5.95 Å². The molecule has 296 valence electrons. The van der Waals surface area contributed by atoms with Gasteiger partial charge in [0.1, 0.15) is 16.8 Å². The molecule has 8 heteroatoms. The fourth-order valence-electron chi connectivity index (χ4n) is 8.57. The summed E-state index contributed by atoms with van der Waals surface area (Å²) >= 11 is 5.21. The Kier molecular flexibility index (Phi) is 8.76. The van der Waals surface area contributed by atoms with Crippen LogP contribution in [0.15, 0.2) is 210 Å². The molecule has 0 aliphatic carbocycles. The van der Waals surface area contributed by atoms with E-state index in [0.717, 1.165) is 93.4 Å². The van der Waals surface area contributed by atoms with Gasteiger partial charge in [-0.05, 0) is 46.5 Å². The minimum atomic E-state index is 0.523. The first-order valence-corrected chi connectivity index (χ1v) is 21.2. The SMILES string of the molecule is Sc1c(-c2ccc(-c3nc(-c4ccccc4)c4oc5ccccc5c4n3)cc2)cccc1-c1nc(-c2ccccc2)nc(-n2c3ccccc3c3ccc(-c4ccccc4)cc32)n1. The van der Waals surface area contributed by atoms with E-state index < -0.39 is 0 Å². The van der Waals surface area contributed by atoms with Crippen molar-refractivity contribution < 1.29 is 4.42 Å². The van der Waals surface area contributed by atoms with E-state index in [1.807, 2.05) is 103 Å². The van der Waals surface area contributed by atoms with Crippen LogP contribution in [0.1, 0.15) is 0 Å². The Bertz CT molecular complexity index is 3680. The summed E-state index contributed by atoms with van der Waals surface area (Å²) in [5, 5.41) is 3.19. The molecule has 0 saturated heterocycles. The summed E-state index contributed by atoms with van der Waals surface area (Å²) in [6.45, 7) is 0. The summed E-state index contributed by atoms with van der Waals surface area (Å²) in [6, 6.07) is 68.1. The van der Waals surface area contributed by atoms with Crippen LogP contribution in [0.4, 0.5) is 0 Å². The van der Waals surface area contributed by atoms with Crippen LogP contribution in [-0.4, -0.2) is 29.5 Å². The number of rotatable bonds is 7. The van der Waals surface area contributed by atoms with Crippen molar-refractivity contribution in [1.29, 1.82) is 0 Å². The molecule has 0 aliphatic heterocycles. The quantitative estimate of drug-likeness (QED) is 0.161. The second kappa shape index (κ2) is 15.1. The van der Waals surface area contributed by atoms with Crippen LogP contribution >= 0.6 is 12.6 Å². The van der Waals surface area contributed by atoms with Crippen molar-refractivity contribution in [1.82, 2.24) is 29.5 Å². The van der Waals surface area contributed by atoms with E-state index in [1.165, 1.54) is 0 Å². The molecule has 12 rings (SSSR count). The van der Waals surface area contributed by atoms with Crippen LogP contribution in [0, 0.1) is 0 Å². The van der Waals surface area contributed by atoms with Crippen LogP contribution in [0.25, 0.3) is 117 Å². The van der Waals surface area contributed by atoms with Gasteiger partial charge in [-0.3, -0.25) is 4.57 Å². The van der Waals surface area contributed by atoms with Gasteiger partial charge >= 0.3 is 0 Å². The van der Waals surface area contributed by atoms with Gasteiger partial charge in [-0.1, -0.05) is 176 Å². The highest BCUT2D eigenvalue weighted by atomic mass is 32.1. The van der Waals surface area contributed by atoms with E-state index in [1.54, 1.807) is 0 Å². The van der Waals surface area contributed by atoms with Crippen molar-refractivity contribution in [2.75, 3.05) is 0 Å². The summed E-state index contributed by atoms with van der Waals surface area (Å²) in [6.07, 6.45) is 0. The summed E-state index contributed by atoms with van der Waals surface area (Å²) in [4.78, 5) is 26.5. The van der Waals surface area contributed by atoms with Gasteiger partial charge in [-0.25, -0.2) is 15.0 Å². The molecule has 0 fully saturated rings. The van der Waals surface area contributed by atoms with Crippen LogP contribution in [0.5, 0.6) is 0 Å². The van der Waals surface area contributed by atoms with Crippen LogP contribution in [-0.2, 0) is 0 Å². The van der Waals surface area contributed by atoms with Crippen molar-refractivity contribution >= 4 is 56.5 Å². The molecule has 0 aliphatic rings. The van der Waals surface area contributed by atoms with Gasteiger partial charge in [-0.2, -0.15) is 9.97 Å². The summed E-state index contributed by atoms with van der Waals surface area (Å²) in [7, 11) is 0. The lowest BCUT2D eigenvalue weighted by atomic mass is 10.0. The maximum Gasteiger partial charge on any atom is 0.238 e. The number of para-hydroxylation sites is 2. The average Bonchev–Trinajstić information content (AvgIpc) is 3.90. The number of hydrogen-bond acceptors (Lipinski definition) is 7. The second-order valence-corrected chi connectivity index (χ2v) is 15.9. The lowest BCUT2D eigenvalue weighted by molar-refractivity contribution is 0.667. The van der Waals surface area contributed by atoms with Gasteiger partial charge in [-0.15, -0.1) is 12.6 Å². The Morgan fingerprint density at radius 3 is 1.73 bits per heavy atom. The molecule has 0 unspecified atom stereocenters. The normalized spacial score (nSPS) is 11.6. The van der Waals surface area contributed by atoms with Gasteiger partial charge in [0.15, 0.2) is 23.1 Å². The third-order valence-electron chi connectivity index (χ3n) is 11.6. The van der Waals surface area contributed by atoms with Gasteiger partial charge in [0.05, 0.1) is 11.0 Å². The summed E-state index contributed by atoms with van der Waals surface area (Å²) in [5.41, 5.74) is 12.7. The zero-order valence-corrected chi connectivity index (χ0v) is 34.5. The Hall–Kier alpha value is -8.20. The van der Waals surface area contributed by atoms with E-state index in [0.29, 0.717) is 29.0 Å². The van der Waals surface area contributed by atoms with Crippen molar-refractivity contribution in [2.45, 2.75) is 4.90 Å². The zero-order chi connectivity index (χ0) is 41.9. The lowest BCUT2D eigenvalue weighted by Crippen LogP contribution is -2.06. The minimum Gasteiger partial charge on any atom is -0.452 e. The standard InChI is InChI=1S/C55H34N6OS/c63-51-40(35-27-29-38(30-28-35)52-56-48(36-17-6-2-7-18-36)50-49(57-52)43-22-11-13-26-47(43)62-50)23-14-24-44(51)54-58-53(37-19-8-3-9-20-37)59-55(60-54)61-45-25-12-10-21-41(45)42-32-31-39(33-46(42)61)34-15-4-1-5-16-34/h1-33,63H. The Morgan fingerprint density at radius 2 is 0.952 bits per heavy atom. The smallest absolute Gasteiger partial charge is 0.238 e. The Balaban J connectivity index is 0.985. The van der Waals surface area contributed by atoms with E-state index in [-0.39, 0.29) is 0 Å². The fourth-order valence-corrected chi connectivity index (χ4v) is 8.94.